The average Bonchev–Trinajstić information content (AvgIpc) is 2.74. The maximum Gasteiger partial charge on any atom is 0.382 e. The Bertz CT molecular complexity index is 1010. The molecule has 0 heterocycles. The standard InChI is InChI=1S/C23H20ClNO4S/c1-2-29-23(26)22(25(27)28)21(16-9-5-3-6-10-16)19-14-13-17(24)15-20(19)30-18-11-7-4-8-12-18/h3-15,21-22H,2H2,1H3. The summed E-state index contributed by atoms with van der Waals surface area (Å²) < 4.78 is 5.06. The molecule has 2 atom stereocenters. The predicted octanol–water partition coefficient (Wildman–Crippen LogP) is 5.83. The van der Waals surface area contributed by atoms with Gasteiger partial charge in [0.15, 0.2) is 0 Å². The summed E-state index contributed by atoms with van der Waals surface area (Å²) in [5.41, 5.74) is 1.30. The third-order valence-corrected chi connectivity index (χ3v) is 5.83. The van der Waals surface area contributed by atoms with Crippen LogP contribution in [-0.4, -0.2) is 23.5 Å². The van der Waals surface area contributed by atoms with Crippen LogP contribution in [0.25, 0.3) is 0 Å². The van der Waals surface area contributed by atoms with Gasteiger partial charge in [0.25, 0.3) is 0 Å². The van der Waals surface area contributed by atoms with Gasteiger partial charge in [0, 0.05) is 19.7 Å². The fourth-order valence-electron chi connectivity index (χ4n) is 3.23. The van der Waals surface area contributed by atoms with Crippen LogP contribution in [0, 0.1) is 10.1 Å². The lowest BCUT2D eigenvalue weighted by Crippen LogP contribution is -2.38. The molecule has 0 aliphatic carbocycles. The van der Waals surface area contributed by atoms with E-state index < -0.39 is 22.9 Å². The van der Waals surface area contributed by atoms with E-state index in [1.54, 1.807) is 49.4 Å². The molecule has 0 radical (unpaired) electrons. The lowest BCUT2D eigenvalue weighted by atomic mass is 9.85. The topological polar surface area (TPSA) is 69.4 Å². The quantitative estimate of drug-likeness (QED) is 0.250. The van der Waals surface area contributed by atoms with Crippen molar-refractivity contribution in [3.63, 3.8) is 0 Å². The van der Waals surface area contributed by atoms with E-state index in [9.17, 15) is 14.9 Å². The van der Waals surface area contributed by atoms with Crippen LogP contribution >= 0.6 is 23.4 Å². The zero-order chi connectivity index (χ0) is 21.5. The Kier molecular flexibility index (Phi) is 7.49. The molecule has 154 valence electrons. The van der Waals surface area contributed by atoms with E-state index in [2.05, 4.69) is 0 Å². The van der Waals surface area contributed by atoms with Gasteiger partial charge in [0.2, 0.25) is 0 Å². The van der Waals surface area contributed by atoms with Crippen molar-refractivity contribution in [1.29, 1.82) is 0 Å². The molecule has 0 amide bonds. The third-order valence-electron chi connectivity index (χ3n) is 4.51. The first-order chi connectivity index (χ1) is 14.5. The molecule has 3 aromatic rings. The highest BCUT2D eigenvalue weighted by molar-refractivity contribution is 7.99. The van der Waals surface area contributed by atoms with Crippen LogP contribution in [0.4, 0.5) is 0 Å². The first-order valence-corrected chi connectivity index (χ1v) is 10.6. The number of hydrogen-bond acceptors (Lipinski definition) is 5. The maximum atomic E-state index is 12.6. The van der Waals surface area contributed by atoms with Gasteiger partial charge in [-0.2, -0.15) is 0 Å². The van der Waals surface area contributed by atoms with Gasteiger partial charge in [-0.3, -0.25) is 10.1 Å². The number of hydrogen-bond donors (Lipinski definition) is 0. The molecule has 0 N–H and O–H groups in total. The monoisotopic (exact) mass is 441 g/mol. The summed E-state index contributed by atoms with van der Waals surface area (Å²) >= 11 is 7.70. The number of esters is 1. The lowest BCUT2D eigenvalue weighted by Gasteiger charge is -2.23. The van der Waals surface area contributed by atoms with Gasteiger partial charge in [0.05, 0.1) is 12.5 Å². The molecule has 7 heteroatoms. The molecule has 3 rings (SSSR count). The van der Waals surface area contributed by atoms with Crippen LogP contribution in [0.5, 0.6) is 0 Å². The molecule has 0 saturated carbocycles. The van der Waals surface area contributed by atoms with Crippen LogP contribution in [0.15, 0.2) is 88.7 Å². The molecule has 2 unspecified atom stereocenters. The Morgan fingerprint density at radius 2 is 1.70 bits per heavy atom. The zero-order valence-electron chi connectivity index (χ0n) is 16.2. The number of carbonyl (C=O) groups is 1. The van der Waals surface area contributed by atoms with Crippen molar-refractivity contribution in [2.45, 2.75) is 28.7 Å². The Morgan fingerprint density at radius 3 is 2.30 bits per heavy atom. The van der Waals surface area contributed by atoms with Crippen molar-refractivity contribution >= 4 is 29.3 Å². The van der Waals surface area contributed by atoms with Gasteiger partial charge in [-0.1, -0.05) is 78.0 Å². The number of nitro groups is 1. The second-order valence-corrected chi connectivity index (χ2v) is 8.02. The molecule has 30 heavy (non-hydrogen) atoms. The summed E-state index contributed by atoms with van der Waals surface area (Å²) in [4.78, 5) is 25.8. The van der Waals surface area contributed by atoms with Crippen molar-refractivity contribution in [2.75, 3.05) is 6.61 Å². The largest absolute Gasteiger partial charge is 0.461 e. The molecule has 0 aliphatic rings. The first-order valence-electron chi connectivity index (χ1n) is 9.38. The molecule has 5 nitrogen and oxygen atoms in total. The lowest BCUT2D eigenvalue weighted by molar-refractivity contribution is -0.513. The molecule has 0 aliphatic heterocycles. The SMILES string of the molecule is CCOC(=O)C(C(c1ccccc1)c1ccc(Cl)cc1Sc1ccccc1)[N+](=O)[O-]. The smallest absolute Gasteiger partial charge is 0.382 e. The summed E-state index contributed by atoms with van der Waals surface area (Å²) in [6, 6.07) is 22.3. The van der Waals surface area contributed by atoms with E-state index in [1.807, 2.05) is 36.4 Å². The molecular formula is C23H20ClNO4S. The minimum atomic E-state index is -1.58. The van der Waals surface area contributed by atoms with Crippen LogP contribution in [0.3, 0.4) is 0 Å². The predicted molar refractivity (Wildman–Crippen MR) is 118 cm³/mol. The number of ether oxygens (including phenoxy) is 1. The minimum Gasteiger partial charge on any atom is -0.461 e. The molecule has 0 aromatic heterocycles. The summed E-state index contributed by atoms with van der Waals surface area (Å²) in [5, 5.41) is 12.5. The van der Waals surface area contributed by atoms with E-state index in [1.165, 1.54) is 11.8 Å². The molecular weight excluding hydrogens is 422 g/mol. The van der Waals surface area contributed by atoms with Gasteiger partial charge in [0.1, 0.15) is 0 Å². The molecule has 0 saturated heterocycles. The Balaban J connectivity index is 2.16. The van der Waals surface area contributed by atoms with E-state index in [4.69, 9.17) is 16.3 Å². The summed E-state index contributed by atoms with van der Waals surface area (Å²) in [7, 11) is 0. The van der Waals surface area contributed by atoms with E-state index >= 15 is 0 Å². The number of halogens is 1. The molecule has 0 spiro atoms. The number of benzene rings is 3. The molecule has 0 bridgehead atoms. The van der Waals surface area contributed by atoms with Gasteiger partial charge in [-0.15, -0.1) is 0 Å². The van der Waals surface area contributed by atoms with Crippen molar-refractivity contribution < 1.29 is 14.5 Å². The van der Waals surface area contributed by atoms with Crippen LogP contribution in [0.1, 0.15) is 24.0 Å². The van der Waals surface area contributed by atoms with Gasteiger partial charge >= 0.3 is 12.0 Å². The van der Waals surface area contributed by atoms with E-state index in [-0.39, 0.29) is 6.61 Å². The van der Waals surface area contributed by atoms with Crippen molar-refractivity contribution in [3.8, 4) is 0 Å². The first kappa shape index (κ1) is 21.9. The van der Waals surface area contributed by atoms with Crippen molar-refractivity contribution in [2.24, 2.45) is 0 Å². The minimum absolute atomic E-state index is 0.0664. The van der Waals surface area contributed by atoms with E-state index in [0.717, 1.165) is 9.79 Å². The molecule has 0 fully saturated rings. The van der Waals surface area contributed by atoms with Gasteiger partial charge < -0.3 is 4.74 Å². The number of carbonyl (C=O) groups excluding carboxylic acids is 1. The fraction of sp³-hybridized carbons (Fsp3) is 0.174. The van der Waals surface area contributed by atoms with Gasteiger partial charge in [-0.05, 0) is 42.3 Å². The van der Waals surface area contributed by atoms with Crippen LogP contribution in [0.2, 0.25) is 5.02 Å². The number of rotatable bonds is 8. The normalized spacial score (nSPS) is 12.7. The second-order valence-electron chi connectivity index (χ2n) is 6.47. The maximum absolute atomic E-state index is 12.6. The molecule has 3 aromatic carbocycles. The van der Waals surface area contributed by atoms with Crippen molar-refractivity contribution in [1.82, 2.24) is 0 Å². The average molecular weight is 442 g/mol. The Labute approximate surface area is 184 Å². The second kappa shape index (κ2) is 10.3. The van der Waals surface area contributed by atoms with Crippen LogP contribution < -0.4 is 0 Å². The van der Waals surface area contributed by atoms with Crippen LogP contribution in [-0.2, 0) is 9.53 Å². The summed E-state index contributed by atoms with van der Waals surface area (Å²) in [6.45, 7) is 1.70. The highest BCUT2D eigenvalue weighted by atomic mass is 35.5. The third kappa shape index (κ3) is 5.20. The fourth-order valence-corrected chi connectivity index (χ4v) is 4.52. The zero-order valence-corrected chi connectivity index (χ0v) is 17.8. The van der Waals surface area contributed by atoms with Gasteiger partial charge in [-0.25, -0.2) is 4.79 Å². The Hall–Kier alpha value is -2.83. The van der Waals surface area contributed by atoms with E-state index in [0.29, 0.717) is 16.1 Å². The summed E-state index contributed by atoms with van der Waals surface area (Å²) in [5.74, 6) is -1.69. The van der Waals surface area contributed by atoms with Crippen molar-refractivity contribution in [3.05, 3.63) is 105 Å². The number of nitrogens with zero attached hydrogens (tertiary/aromatic N) is 1. The Morgan fingerprint density at radius 1 is 1.07 bits per heavy atom. The summed E-state index contributed by atoms with van der Waals surface area (Å²) in [6.07, 6.45) is 0. The highest BCUT2D eigenvalue weighted by Crippen LogP contribution is 2.40. The highest BCUT2D eigenvalue weighted by Gasteiger charge is 2.43.